The monoisotopic (exact) mass is 311 g/mol. The van der Waals surface area contributed by atoms with Crippen molar-refractivity contribution in [1.82, 2.24) is 35.7 Å². The van der Waals surface area contributed by atoms with Crippen LogP contribution in [0.4, 0.5) is 0 Å². The topological polar surface area (TPSA) is 103 Å². The number of carbonyl (C=O) groups excluding carboxylic acids is 1. The van der Waals surface area contributed by atoms with E-state index in [1.54, 1.807) is 18.1 Å². The first-order valence-corrected chi connectivity index (χ1v) is 7.25. The fourth-order valence-electron chi connectivity index (χ4n) is 2.33. The van der Waals surface area contributed by atoms with E-state index in [9.17, 15) is 4.79 Å². The Kier molecular flexibility index (Phi) is 4.13. The van der Waals surface area contributed by atoms with E-state index in [0.717, 1.165) is 11.1 Å². The third kappa shape index (κ3) is 3.10. The van der Waals surface area contributed by atoms with Crippen LogP contribution < -0.4 is 0 Å². The van der Waals surface area contributed by atoms with Crippen LogP contribution in [0.15, 0.2) is 36.5 Å². The number of benzene rings is 1. The van der Waals surface area contributed by atoms with Gasteiger partial charge >= 0.3 is 0 Å². The number of nitrogens with zero attached hydrogens (tertiary/aromatic N) is 5. The molecule has 1 amide bonds. The van der Waals surface area contributed by atoms with Crippen LogP contribution >= 0.6 is 0 Å². The van der Waals surface area contributed by atoms with E-state index in [1.807, 2.05) is 37.3 Å². The number of H-pyrrole nitrogens is 2. The van der Waals surface area contributed by atoms with Crippen molar-refractivity contribution in [2.24, 2.45) is 0 Å². The van der Waals surface area contributed by atoms with Crippen molar-refractivity contribution < 1.29 is 4.79 Å². The molecule has 0 bridgehead atoms. The van der Waals surface area contributed by atoms with Crippen molar-refractivity contribution in [3.05, 3.63) is 48.0 Å². The molecule has 0 saturated carbocycles. The third-order valence-corrected chi connectivity index (χ3v) is 3.79. The van der Waals surface area contributed by atoms with Crippen LogP contribution in [-0.4, -0.2) is 54.7 Å². The highest BCUT2D eigenvalue weighted by atomic mass is 16.2. The molecule has 0 spiro atoms. The highest BCUT2D eigenvalue weighted by Gasteiger charge is 2.23. The first-order valence-electron chi connectivity index (χ1n) is 7.25. The molecule has 0 aliphatic rings. The molecule has 23 heavy (non-hydrogen) atoms. The fraction of sp³-hybridized carbons (Fsp3) is 0.267. The summed E-state index contributed by atoms with van der Waals surface area (Å²) in [6.45, 7) is 1.94. The second-order valence-electron chi connectivity index (χ2n) is 5.32. The maximum absolute atomic E-state index is 12.8. The highest BCUT2D eigenvalue weighted by Crippen LogP contribution is 2.23. The molecule has 0 aliphatic carbocycles. The summed E-state index contributed by atoms with van der Waals surface area (Å²) in [6, 6.07) is 9.61. The molecule has 0 fully saturated rings. The van der Waals surface area contributed by atoms with E-state index in [0.29, 0.717) is 17.9 Å². The largest absolute Gasteiger partial charge is 0.337 e. The van der Waals surface area contributed by atoms with Crippen molar-refractivity contribution in [3.63, 3.8) is 0 Å². The van der Waals surface area contributed by atoms with E-state index in [4.69, 9.17) is 0 Å². The van der Waals surface area contributed by atoms with E-state index in [1.165, 1.54) is 0 Å². The smallest absolute Gasteiger partial charge is 0.272 e. The van der Waals surface area contributed by atoms with Crippen LogP contribution in [0.3, 0.4) is 0 Å². The van der Waals surface area contributed by atoms with Gasteiger partial charge in [-0.25, -0.2) is 0 Å². The van der Waals surface area contributed by atoms with Gasteiger partial charge in [-0.15, -0.1) is 10.2 Å². The SMILES string of the molecule is CC(Cc1nn[nH]n1)N(C)C(=O)c1[nH]ncc1-c1ccccc1. The molecule has 0 saturated heterocycles. The van der Waals surface area contributed by atoms with Gasteiger partial charge in [0.2, 0.25) is 0 Å². The van der Waals surface area contributed by atoms with Crippen molar-refractivity contribution >= 4 is 5.91 Å². The maximum Gasteiger partial charge on any atom is 0.272 e. The molecule has 1 atom stereocenters. The Labute approximate surface area is 132 Å². The van der Waals surface area contributed by atoms with Crippen LogP contribution in [0.25, 0.3) is 11.1 Å². The second kappa shape index (κ2) is 6.39. The minimum Gasteiger partial charge on any atom is -0.337 e. The van der Waals surface area contributed by atoms with Gasteiger partial charge < -0.3 is 4.90 Å². The predicted molar refractivity (Wildman–Crippen MR) is 83.5 cm³/mol. The summed E-state index contributed by atoms with van der Waals surface area (Å²) < 4.78 is 0. The number of amides is 1. The Bertz CT molecular complexity index is 766. The maximum atomic E-state index is 12.8. The molecule has 0 radical (unpaired) electrons. The van der Waals surface area contributed by atoms with Gasteiger partial charge in [-0.2, -0.15) is 10.3 Å². The van der Waals surface area contributed by atoms with Crippen LogP contribution in [0.5, 0.6) is 0 Å². The zero-order valence-electron chi connectivity index (χ0n) is 12.9. The second-order valence-corrected chi connectivity index (χ2v) is 5.32. The number of carbonyl (C=O) groups is 1. The number of nitrogens with one attached hydrogen (secondary N) is 2. The minimum atomic E-state index is -0.127. The fourth-order valence-corrected chi connectivity index (χ4v) is 2.33. The number of tetrazole rings is 1. The molecule has 1 aromatic carbocycles. The van der Waals surface area contributed by atoms with Crippen LogP contribution in [0.1, 0.15) is 23.2 Å². The minimum absolute atomic E-state index is 0.0768. The number of hydrogen-bond donors (Lipinski definition) is 2. The summed E-state index contributed by atoms with van der Waals surface area (Å²) in [5, 5.41) is 20.6. The van der Waals surface area contributed by atoms with Gasteiger partial charge in [0.05, 0.1) is 6.20 Å². The Morgan fingerprint density at radius 3 is 2.78 bits per heavy atom. The molecule has 8 heteroatoms. The summed E-state index contributed by atoms with van der Waals surface area (Å²) in [7, 11) is 1.75. The molecule has 0 aliphatic heterocycles. The number of aromatic nitrogens is 6. The standard InChI is InChI=1S/C15H17N7O/c1-10(8-13-17-20-21-18-13)22(2)15(23)14-12(9-16-19-14)11-6-4-3-5-7-11/h3-7,9-10H,8H2,1-2H3,(H,16,19)(H,17,18,20,21). The van der Waals surface area contributed by atoms with Gasteiger partial charge in [0.15, 0.2) is 5.82 Å². The summed E-state index contributed by atoms with van der Waals surface area (Å²) in [6.07, 6.45) is 2.19. The third-order valence-electron chi connectivity index (χ3n) is 3.79. The Hall–Kier alpha value is -3.03. The predicted octanol–water partition coefficient (Wildman–Crippen LogP) is 1.29. The van der Waals surface area contributed by atoms with Crippen LogP contribution in [-0.2, 0) is 6.42 Å². The number of aromatic amines is 2. The van der Waals surface area contributed by atoms with Gasteiger partial charge in [-0.1, -0.05) is 35.5 Å². The zero-order valence-corrected chi connectivity index (χ0v) is 12.9. The molecular weight excluding hydrogens is 294 g/mol. The molecule has 2 aromatic heterocycles. The quantitative estimate of drug-likeness (QED) is 0.739. The molecule has 2 N–H and O–H groups in total. The number of rotatable bonds is 5. The molecule has 2 heterocycles. The van der Waals surface area contributed by atoms with Gasteiger partial charge in [0.1, 0.15) is 5.69 Å². The summed E-state index contributed by atoms with van der Waals surface area (Å²) in [5.74, 6) is 0.447. The molecule has 1 unspecified atom stereocenters. The van der Waals surface area contributed by atoms with Crippen molar-refractivity contribution in [2.75, 3.05) is 7.05 Å². The number of hydrogen-bond acceptors (Lipinski definition) is 5. The van der Waals surface area contributed by atoms with Crippen molar-refractivity contribution in [3.8, 4) is 11.1 Å². The lowest BCUT2D eigenvalue weighted by Gasteiger charge is -2.23. The Morgan fingerprint density at radius 1 is 1.30 bits per heavy atom. The van der Waals surface area contributed by atoms with Gasteiger partial charge in [-0.3, -0.25) is 9.89 Å². The first-order chi connectivity index (χ1) is 11.2. The molecule has 118 valence electrons. The summed E-state index contributed by atoms with van der Waals surface area (Å²) >= 11 is 0. The van der Waals surface area contributed by atoms with E-state index >= 15 is 0 Å². The normalized spacial score (nSPS) is 12.1. The molecule has 3 rings (SSSR count). The molecule has 3 aromatic rings. The van der Waals surface area contributed by atoms with Gasteiger partial charge in [0.25, 0.3) is 5.91 Å². The Balaban J connectivity index is 1.79. The lowest BCUT2D eigenvalue weighted by molar-refractivity contribution is 0.0737. The summed E-state index contributed by atoms with van der Waals surface area (Å²) in [5.41, 5.74) is 2.21. The first kappa shape index (κ1) is 14.9. The molecular formula is C15H17N7O. The average molecular weight is 311 g/mol. The van der Waals surface area contributed by atoms with Crippen LogP contribution in [0.2, 0.25) is 0 Å². The van der Waals surface area contributed by atoms with E-state index in [-0.39, 0.29) is 11.9 Å². The molecule has 8 nitrogen and oxygen atoms in total. The summed E-state index contributed by atoms with van der Waals surface area (Å²) in [4.78, 5) is 14.4. The van der Waals surface area contributed by atoms with Crippen molar-refractivity contribution in [1.29, 1.82) is 0 Å². The van der Waals surface area contributed by atoms with E-state index in [2.05, 4.69) is 30.8 Å². The lowest BCUT2D eigenvalue weighted by Crippen LogP contribution is -2.37. The van der Waals surface area contributed by atoms with Crippen molar-refractivity contribution in [2.45, 2.75) is 19.4 Å². The Morgan fingerprint density at radius 2 is 2.09 bits per heavy atom. The highest BCUT2D eigenvalue weighted by molar-refractivity contribution is 5.98. The van der Waals surface area contributed by atoms with Gasteiger partial charge in [-0.05, 0) is 12.5 Å². The van der Waals surface area contributed by atoms with Crippen LogP contribution in [0, 0.1) is 0 Å². The van der Waals surface area contributed by atoms with Gasteiger partial charge in [0, 0.05) is 25.1 Å². The lowest BCUT2D eigenvalue weighted by atomic mass is 10.1. The van der Waals surface area contributed by atoms with E-state index < -0.39 is 0 Å². The number of likely N-dealkylation sites (N-methyl/N-ethyl adjacent to an activating group) is 1. The zero-order chi connectivity index (χ0) is 16.2. The average Bonchev–Trinajstić information content (AvgIpc) is 3.25.